The summed E-state index contributed by atoms with van der Waals surface area (Å²) in [6, 6.07) is 14.5. The van der Waals surface area contributed by atoms with E-state index in [0.717, 1.165) is 4.90 Å². The van der Waals surface area contributed by atoms with Gasteiger partial charge in [0.1, 0.15) is 30.3 Å². The molecule has 9 nitrogen and oxygen atoms in total. The maximum Gasteiger partial charge on any atom is 0.331 e. The summed E-state index contributed by atoms with van der Waals surface area (Å²) in [5.74, 6) is 0.291. The first-order valence-corrected chi connectivity index (χ1v) is 10.9. The number of amides is 4. The van der Waals surface area contributed by atoms with Gasteiger partial charge in [-0.05, 0) is 48.0 Å². The highest BCUT2D eigenvalue weighted by atomic mass is 35.5. The van der Waals surface area contributed by atoms with E-state index in [1.807, 2.05) is 12.1 Å². The van der Waals surface area contributed by atoms with Crippen molar-refractivity contribution >= 4 is 35.5 Å². The Morgan fingerprint density at radius 3 is 2.46 bits per heavy atom. The van der Waals surface area contributed by atoms with Gasteiger partial charge in [0, 0.05) is 0 Å². The van der Waals surface area contributed by atoms with E-state index in [4.69, 9.17) is 30.2 Å². The van der Waals surface area contributed by atoms with Crippen molar-refractivity contribution in [2.24, 2.45) is 0 Å². The molecule has 1 aliphatic rings. The van der Waals surface area contributed by atoms with Gasteiger partial charge in [-0.15, -0.1) is 0 Å². The summed E-state index contributed by atoms with van der Waals surface area (Å²) in [4.78, 5) is 38.3. The smallest absolute Gasteiger partial charge is 0.331 e. The number of nitrogens with one attached hydrogen (secondary N) is 1. The predicted octanol–water partition coefficient (Wildman–Crippen LogP) is 4.06. The van der Waals surface area contributed by atoms with E-state index in [-0.39, 0.29) is 25.3 Å². The Kier molecular flexibility index (Phi) is 7.37. The topological polar surface area (TPSA) is 107 Å². The van der Waals surface area contributed by atoms with Crippen molar-refractivity contribution < 1.29 is 33.0 Å². The second-order valence-corrected chi connectivity index (χ2v) is 7.73. The Morgan fingerprint density at radius 2 is 1.74 bits per heavy atom. The fraction of sp³-hybridized carbons (Fsp3) is 0.160. The summed E-state index contributed by atoms with van der Waals surface area (Å²) in [6.45, 7) is 0.383. The average molecular weight is 497 g/mol. The van der Waals surface area contributed by atoms with Gasteiger partial charge < -0.3 is 18.6 Å². The monoisotopic (exact) mass is 496 g/mol. The van der Waals surface area contributed by atoms with Gasteiger partial charge in [0.05, 0.1) is 24.9 Å². The standard InChI is InChI=1S/C25H21ClN2O7/c1-32-22-14-16(8-9-21(22)35-12-11-34-20-7-3-2-6-19(20)26)13-18-23(29)27-25(31)28(24(18)30)15-17-5-4-10-33-17/h2-10,13-14H,11-12,15H2,1H3,(H,27,29,31)/b18-13-. The third-order valence-corrected chi connectivity index (χ3v) is 5.33. The number of barbiturate groups is 1. The highest BCUT2D eigenvalue weighted by Gasteiger charge is 2.36. The maximum atomic E-state index is 12.9. The molecule has 3 aromatic rings. The Hall–Kier alpha value is -4.24. The van der Waals surface area contributed by atoms with Crippen molar-refractivity contribution in [2.45, 2.75) is 6.54 Å². The number of para-hydroxylation sites is 1. The van der Waals surface area contributed by atoms with Crippen LogP contribution in [0.4, 0.5) is 4.79 Å². The van der Waals surface area contributed by atoms with Gasteiger partial charge >= 0.3 is 6.03 Å². The van der Waals surface area contributed by atoms with Crippen LogP contribution in [0.1, 0.15) is 11.3 Å². The van der Waals surface area contributed by atoms with Crippen molar-refractivity contribution in [1.29, 1.82) is 0 Å². The lowest BCUT2D eigenvalue weighted by atomic mass is 10.1. The van der Waals surface area contributed by atoms with Crippen LogP contribution < -0.4 is 19.5 Å². The number of halogens is 1. The van der Waals surface area contributed by atoms with Gasteiger partial charge in [0.25, 0.3) is 11.8 Å². The fourth-order valence-electron chi connectivity index (χ4n) is 3.32. The minimum absolute atomic E-state index is 0.103. The summed E-state index contributed by atoms with van der Waals surface area (Å²) in [5.41, 5.74) is 0.312. The highest BCUT2D eigenvalue weighted by molar-refractivity contribution is 6.32. The first-order valence-electron chi connectivity index (χ1n) is 10.6. The molecule has 0 unspecified atom stereocenters. The molecule has 0 saturated carbocycles. The number of hydrogen-bond donors (Lipinski definition) is 1. The van der Waals surface area contributed by atoms with Crippen LogP contribution in [0, 0.1) is 0 Å². The van der Waals surface area contributed by atoms with Crippen LogP contribution in [0.25, 0.3) is 6.08 Å². The summed E-state index contributed by atoms with van der Waals surface area (Å²) in [6.07, 6.45) is 2.81. The van der Waals surface area contributed by atoms with E-state index in [2.05, 4.69) is 5.32 Å². The van der Waals surface area contributed by atoms with E-state index in [0.29, 0.717) is 33.6 Å². The van der Waals surface area contributed by atoms with E-state index in [9.17, 15) is 14.4 Å². The second-order valence-electron chi connectivity index (χ2n) is 7.33. The number of benzene rings is 2. The Bertz CT molecular complexity index is 1270. The van der Waals surface area contributed by atoms with E-state index in [1.54, 1.807) is 42.5 Å². The van der Waals surface area contributed by atoms with Crippen LogP contribution >= 0.6 is 11.6 Å². The van der Waals surface area contributed by atoms with Crippen LogP contribution in [-0.2, 0) is 16.1 Å². The number of imide groups is 2. The first-order chi connectivity index (χ1) is 17.0. The van der Waals surface area contributed by atoms with Crippen LogP contribution in [0.2, 0.25) is 5.02 Å². The number of ether oxygens (including phenoxy) is 3. The zero-order chi connectivity index (χ0) is 24.8. The SMILES string of the molecule is COc1cc(/C=C2/C(=O)NC(=O)N(Cc3ccco3)C2=O)ccc1OCCOc1ccccc1Cl. The molecule has 1 aliphatic heterocycles. The molecule has 2 heterocycles. The molecule has 1 N–H and O–H groups in total. The zero-order valence-corrected chi connectivity index (χ0v) is 19.4. The molecule has 0 aliphatic carbocycles. The molecule has 0 bridgehead atoms. The minimum atomic E-state index is -0.811. The van der Waals surface area contributed by atoms with E-state index in [1.165, 1.54) is 19.4 Å². The molecule has 4 amide bonds. The van der Waals surface area contributed by atoms with E-state index >= 15 is 0 Å². The molecule has 1 aromatic heterocycles. The molecular weight excluding hydrogens is 476 g/mol. The fourth-order valence-corrected chi connectivity index (χ4v) is 3.51. The van der Waals surface area contributed by atoms with Crippen molar-refractivity contribution in [3.05, 3.63) is 82.8 Å². The van der Waals surface area contributed by atoms with Crippen LogP contribution in [0.15, 0.2) is 70.9 Å². The normalized spacial score (nSPS) is 14.7. The Morgan fingerprint density at radius 1 is 0.971 bits per heavy atom. The number of carbonyl (C=O) groups excluding carboxylic acids is 3. The summed E-state index contributed by atoms with van der Waals surface area (Å²) in [7, 11) is 1.47. The van der Waals surface area contributed by atoms with Crippen molar-refractivity contribution in [1.82, 2.24) is 10.2 Å². The zero-order valence-electron chi connectivity index (χ0n) is 18.7. The molecule has 0 spiro atoms. The maximum absolute atomic E-state index is 12.9. The number of methoxy groups -OCH3 is 1. The number of hydrogen-bond acceptors (Lipinski definition) is 7. The first kappa shape index (κ1) is 23.9. The van der Waals surface area contributed by atoms with E-state index < -0.39 is 17.8 Å². The third kappa shape index (κ3) is 5.64. The number of nitrogens with zero attached hydrogens (tertiary/aromatic N) is 1. The molecule has 0 radical (unpaired) electrons. The predicted molar refractivity (Wildman–Crippen MR) is 126 cm³/mol. The Balaban J connectivity index is 1.45. The number of furan rings is 1. The van der Waals surface area contributed by atoms with Crippen molar-refractivity contribution in [3.63, 3.8) is 0 Å². The summed E-state index contributed by atoms with van der Waals surface area (Å²) >= 11 is 6.07. The van der Waals surface area contributed by atoms with Gasteiger partial charge in [-0.3, -0.25) is 19.8 Å². The number of urea groups is 1. The average Bonchev–Trinajstić information content (AvgIpc) is 3.37. The van der Waals surface area contributed by atoms with Crippen LogP contribution in [-0.4, -0.2) is 43.1 Å². The van der Waals surface area contributed by atoms with Crippen molar-refractivity contribution in [3.8, 4) is 17.2 Å². The molecule has 1 saturated heterocycles. The molecule has 2 aromatic carbocycles. The summed E-state index contributed by atoms with van der Waals surface area (Å²) < 4.78 is 21.9. The highest BCUT2D eigenvalue weighted by Crippen LogP contribution is 2.30. The van der Waals surface area contributed by atoms with Crippen molar-refractivity contribution in [2.75, 3.05) is 20.3 Å². The van der Waals surface area contributed by atoms with Gasteiger partial charge in [0.15, 0.2) is 11.5 Å². The molecule has 0 atom stereocenters. The molecule has 180 valence electrons. The molecule has 35 heavy (non-hydrogen) atoms. The number of carbonyl (C=O) groups is 3. The lowest BCUT2D eigenvalue weighted by molar-refractivity contribution is -0.130. The van der Waals surface area contributed by atoms with Crippen LogP contribution in [0.3, 0.4) is 0 Å². The van der Waals surface area contributed by atoms with Crippen LogP contribution in [0.5, 0.6) is 17.2 Å². The quantitative estimate of drug-likeness (QED) is 0.270. The molecule has 10 heteroatoms. The lowest BCUT2D eigenvalue weighted by Crippen LogP contribution is -2.53. The van der Waals surface area contributed by atoms with Gasteiger partial charge in [-0.25, -0.2) is 4.79 Å². The third-order valence-electron chi connectivity index (χ3n) is 5.01. The Labute approximate surface area is 205 Å². The van der Waals surface area contributed by atoms with Gasteiger partial charge in [0.2, 0.25) is 0 Å². The van der Waals surface area contributed by atoms with Gasteiger partial charge in [-0.1, -0.05) is 29.8 Å². The second kappa shape index (κ2) is 10.8. The number of rotatable bonds is 9. The summed E-state index contributed by atoms with van der Waals surface area (Å²) in [5, 5.41) is 2.68. The largest absolute Gasteiger partial charge is 0.493 e. The minimum Gasteiger partial charge on any atom is -0.493 e. The molecule has 1 fully saturated rings. The lowest BCUT2D eigenvalue weighted by Gasteiger charge is -2.25. The van der Waals surface area contributed by atoms with Gasteiger partial charge in [-0.2, -0.15) is 0 Å². The molecule has 4 rings (SSSR count). The molecular formula is C25H21ClN2O7.